The third-order valence-corrected chi connectivity index (χ3v) is 5.49. The van der Waals surface area contributed by atoms with E-state index in [1.807, 2.05) is 18.2 Å². The van der Waals surface area contributed by atoms with Crippen LogP contribution in [0.1, 0.15) is 21.5 Å². The average molecular weight is 536 g/mol. The molecule has 1 amide bonds. The van der Waals surface area contributed by atoms with Crippen LogP contribution in [0.4, 0.5) is 19.3 Å². The molecule has 0 bridgehead atoms. The summed E-state index contributed by atoms with van der Waals surface area (Å²) in [5.74, 6) is -5.09. The first-order chi connectivity index (χ1) is 18.7. The van der Waals surface area contributed by atoms with Crippen LogP contribution in [0.25, 0.3) is 11.1 Å². The summed E-state index contributed by atoms with van der Waals surface area (Å²) in [6.45, 7) is 1.99. The average Bonchev–Trinajstić information content (AvgIpc) is 2.91. The molecule has 39 heavy (non-hydrogen) atoms. The Hall–Kier alpha value is -5.03. The number of nitrogens with zero attached hydrogens (tertiary/aromatic N) is 1. The van der Waals surface area contributed by atoms with E-state index in [1.165, 1.54) is 25.3 Å². The van der Waals surface area contributed by atoms with E-state index in [-0.39, 0.29) is 22.7 Å². The smallest absolute Gasteiger partial charge is 0.411 e. The zero-order valence-corrected chi connectivity index (χ0v) is 20.8. The zero-order valence-electron chi connectivity index (χ0n) is 20.8. The summed E-state index contributed by atoms with van der Waals surface area (Å²) in [4.78, 5) is 27.2. The third kappa shape index (κ3) is 6.46. The Kier molecular flexibility index (Phi) is 8.01. The summed E-state index contributed by atoms with van der Waals surface area (Å²) >= 11 is 0. The number of pyridine rings is 1. The quantitative estimate of drug-likeness (QED) is 0.241. The number of carbonyl (C=O) groups excluding carboxylic acids is 1. The van der Waals surface area contributed by atoms with Crippen LogP contribution in [0.2, 0.25) is 0 Å². The number of nitrogens with two attached hydrogens (primary N) is 1. The Morgan fingerprint density at radius 2 is 1.69 bits per heavy atom. The molecule has 1 aromatic heterocycles. The lowest BCUT2D eigenvalue weighted by atomic mass is 10.0. The summed E-state index contributed by atoms with van der Waals surface area (Å²) in [5.41, 5.74) is 8.59. The normalized spacial score (nSPS) is 10.6. The minimum atomic E-state index is -1.30. The van der Waals surface area contributed by atoms with Crippen LogP contribution in [0, 0.1) is 18.6 Å². The van der Waals surface area contributed by atoms with Gasteiger partial charge in [0.2, 0.25) is 0 Å². The lowest BCUT2D eigenvalue weighted by molar-refractivity contribution is 0.0694. The van der Waals surface area contributed by atoms with Crippen molar-refractivity contribution in [3.63, 3.8) is 0 Å². The number of nitrogens with one attached hydrogen (secondary N) is 1. The van der Waals surface area contributed by atoms with Gasteiger partial charge in [-0.1, -0.05) is 24.3 Å². The molecule has 0 aliphatic carbocycles. The number of aromatic carboxylic acids is 1. The predicted octanol–water partition coefficient (Wildman–Crippen LogP) is 6.26. The number of hydrogen-bond acceptors (Lipinski definition) is 7. The van der Waals surface area contributed by atoms with Crippen LogP contribution >= 0.6 is 0 Å². The topological polar surface area (TPSA) is 133 Å². The van der Waals surface area contributed by atoms with Crippen molar-refractivity contribution in [3.8, 4) is 34.4 Å². The summed E-state index contributed by atoms with van der Waals surface area (Å²) in [7, 11) is 1.20. The minimum absolute atomic E-state index is 0.0443. The highest BCUT2D eigenvalue weighted by Gasteiger charge is 2.20. The fourth-order valence-electron chi connectivity index (χ4n) is 3.63. The number of rotatable bonds is 8. The van der Waals surface area contributed by atoms with Gasteiger partial charge in [0, 0.05) is 24.4 Å². The van der Waals surface area contributed by atoms with Gasteiger partial charge in [0.1, 0.15) is 17.1 Å². The maximum Gasteiger partial charge on any atom is 0.411 e. The maximum absolute atomic E-state index is 14.7. The SMILES string of the molecule is COC(=O)Nc1cc(Oc2nc(Oc3cc(C)ccc3C(=O)O)c(F)cc2F)cc(-c2cccc(CN)c2)c1. The summed E-state index contributed by atoms with van der Waals surface area (Å²) in [6.07, 6.45) is -0.747. The molecule has 0 saturated heterocycles. The van der Waals surface area contributed by atoms with Crippen LogP contribution in [0.3, 0.4) is 0 Å². The zero-order chi connectivity index (χ0) is 28.1. The summed E-state index contributed by atoms with van der Waals surface area (Å²) in [6, 6.07) is 16.6. The van der Waals surface area contributed by atoms with Gasteiger partial charge in [0.25, 0.3) is 11.8 Å². The van der Waals surface area contributed by atoms with E-state index < -0.39 is 35.5 Å². The van der Waals surface area contributed by atoms with E-state index >= 15 is 0 Å². The lowest BCUT2D eigenvalue weighted by Crippen LogP contribution is -2.11. The first-order valence-corrected chi connectivity index (χ1v) is 11.5. The minimum Gasteiger partial charge on any atom is -0.478 e. The van der Waals surface area contributed by atoms with Gasteiger partial charge >= 0.3 is 12.1 Å². The van der Waals surface area contributed by atoms with E-state index in [9.17, 15) is 23.5 Å². The van der Waals surface area contributed by atoms with Crippen LogP contribution in [0.15, 0.2) is 66.7 Å². The number of halogens is 2. The number of carbonyl (C=O) groups is 2. The Balaban J connectivity index is 1.73. The maximum atomic E-state index is 14.7. The summed E-state index contributed by atoms with van der Waals surface area (Å²) in [5, 5.41) is 12.0. The molecule has 11 heteroatoms. The van der Waals surface area contributed by atoms with Gasteiger partial charge < -0.3 is 25.1 Å². The van der Waals surface area contributed by atoms with E-state index in [2.05, 4.69) is 15.0 Å². The molecule has 3 aromatic carbocycles. The highest BCUT2D eigenvalue weighted by atomic mass is 19.1. The fraction of sp³-hybridized carbons (Fsp3) is 0.107. The van der Waals surface area contributed by atoms with Crippen molar-refractivity contribution in [3.05, 3.63) is 95.1 Å². The largest absolute Gasteiger partial charge is 0.478 e. The van der Waals surface area contributed by atoms with Crippen molar-refractivity contribution < 1.29 is 37.7 Å². The van der Waals surface area contributed by atoms with Gasteiger partial charge in [-0.05, 0) is 59.5 Å². The second-order valence-corrected chi connectivity index (χ2v) is 8.34. The molecule has 4 aromatic rings. The van der Waals surface area contributed by atoms with E-state index in [0.717, 1.165) is 11.1 Å². The molecule has 0 radical (unpaired) electrons. The van der Waals surface area contributed by atoms with E-state index in [0.29, 0.717) is 23.7 Å². The first-order valence-electron chi connectivity index (χ1n) is 11.5. The second-order valence-electron chi connectivity index (χ2n) is 8.34. The molecular weight excluding hydrogens is 512 g/mol. The van der Waals surface area contributed by atoms with Crippen molar-refractivity contribution in [2.24, 2.45) is 5.73 Å². The number of ether oxygens (including phenoxy) is 3. The van der Waals surface area contributed by atoms with Crippen LogP contribution in [-0.2, 0) is 11.3 Å². The number of methoxy groups -OCH3 is 1. The summed E-state index contributed by atoms with van der Waals surface area (Å²) < 4.78 is 45.1. The first kappa shape index (κ1) is 27.0. The van der Waals surface area contributed by atoms with Crippen molar-refractivity contribution in [2.45, 2.75) is 13.5 Å². The van der Waals surface area contributed by atoms with Crippen LogP contribution in [-0.4, -0.2) is 29.3 Å². The van der Waals surface area contributed by atoms with Crippen molar-refractivity contribution in [1.29, 1.82) is 0 Å². The number of aromatic nitrogens is 1. The standard InChI is InChI=1S/C28H23F2N3O6/c1-15-6-7-21(27(34)35)24(8-15)39-26-23(30)13-22(29)25(33-26)38-20-11-18(10-19(12-20)32-28(36)37-2)17-5-3-4-16(9-17)14-31/h3-13H,14,31H2,1-2H3,(H,32,36)(H,34,35). The fourth-order valence-corrected chi connectivity index (χ4v) is 3.63. The van der Waals surface area contributed by atoms with Gasteiger partial charge in [-0.25, -0.2) is 18.4 Å². The number of amides is 1. The third-order valence-electron chi connectivity index (χ3n) is 5.49. The Morgan fingerprint density at radius 1 is 0.949 bits per heavy atom. The molecule has 0 atom stereocenters. The number of hydrogen-bond donors (Lipinski definition) is 3. The van der Waals surface area contributed by atoms with E-state index in [4.69, 9.17) is 15.2 Å². The van der Waals surface area contributed by atoms with Crippen molar-refractivity contribution in [2.75, 3.05) is 12.4 Å². The molecule has 1 heterocycles. The molecule has 4 rings (SSSR count). The molecule has 200 valence electrons. The molecule has 0 saturated carbocycles. The van der Waals surface area contributed by atoms with Crippen molar-refractivity contribution in [1.82, 2.24) is 4.98 Å². The highest BCUT2D eigenvalue weighted by molar-refractivity contribution is 5.91. The Labute approximate surface area is 221 Å². The van der Waals surface area contributed by atoms with Gasteiger partial charge in [-0.15, -0.1) is 0 Å². The molecule has 0 spiro atoms. The van der Waals surface area contributed by atoms with Crippen LogP contribution < -0.4 is 20.5 Å². The Morgan fingerprint density at radius 3 is 2.38 bits per heavy atom. The second kappa shape index (κ2) is 11.6. The molecule has 0 fully saturated rings. The molecular formula is C28H23F2N3O6. The van der Waals surface area contributed by atoms with Gasteiger partial charge in [-0.2, -0.15) is 4.98 Å². The molecule has 4 N–H and O–H groups in total. The van der Waals surface area contributed by atoms with Gasteiger partial charge in [0.05, 0.1) is 7.11 Å². The van der Waals surface area contributed by atoms with Crippen molar-refractivity contribution >= 4 is 17.7 Å². The monoisotopic (exact) mass is 535 g/mol. The number of carboxylic acid groups (broad SMARTS) is 1. The lowest BCUT2D eigenvalue weighted by Gasteiger charge is -2.14. The molecule has 9 nitrogen and oxygen atoms in total. The number of benzene rings is 3. The Bertz CT molecular complexity index is 1560. The van der Waals surface area contributed by atoms with Gasteiger partial charge in [0.15, 0.2) is 11.6 Å². The number of aryl methyl sites for hydroxylation is 1. The molecule has 0 aliphatic rings. The molecule has 0 aliphatic heterocycles. The van der Waals surface area contributed by atoms with Gasteiger partial charge in [-0.3, -0.25) is 5.32 Å². The van der Waals surface area contributed by atoms with Crippen LogP contribution in [0.5, 0.6) is 23.3 Å². The predicted molar refractivity (Wildman–Crippen MR) is 138 cm³/mol. The molecule has 0 unspecified atom stereocenters. The number of anilines is 1. The highest BCUT2D eigenvalue weighted by Crippen LogP contribution is 2.35. The number of carboxylic acids is 1. The van der Waals surface area contributed by atoms with E-state index in [1.54, 1.807) is 31.2 Å².